The Morgan fingerprint density at radius 3 is 0.855 bits per heavy atom. The first kappa shape index (κ1) is 97.3. The number of amides is 8. The minimum absolute atomic E-state index is 0.0356. The summed E-state index contributed by atoms with van der Waals surface area (Å²) in [5, 5.41) is 39.3. The van der Waals surface area contributed by atoms with E-state index in [1.54, 1.807) is 17.0 Å². The molecule has 0 unspecified atom stereocenters. The Morgan fingerprint density at radius 2 is 0.595 bits per heavy atom. The molecule has 4 fully saturated rings. The van der Waals surface area contributed by atoms with E-state index in [1.807, 2.05) is 137 Å². The van der Waals surface area contributed by atoms with Gasteiger partial charge in [-0.2, -0.15) is 39.1 Å². The number of likely N-dealkylation sites (tertiary alicyclic amines) is 1. The Morgan fingerprint density at radius 1 is 0.344 bits per heavy atom. The second-order valence-corrected chi connectivity index (χ2v) is 38.9. The molecule has 8 amide bonds. The summed E-state index contributed by atoms with van der Waals surface area (Å²) in [6.07, 6.45) is 1.43. The number of rotatable bonds is 12. The van der Waals surface area contributed by atoms with Crippen LogP contribution in [0.2, 0.25) is 0 Å². The number of hydrogen-bond acceptors (Lipinski definition) is 20. The Hall–Kier alpha value is -11.2. The number of aliphatic hydroxyl groups excluding tert-OH is 1. The third kappa shape index (κ3) is 22.8. The first-order valence-electron chi connectivity index (χ1n) is 44.6. The average molecular weight is 1820 g/mol. The van der Waals surface area contributed by atoms with Crippen LogP contribution in [0.1, 0.15) is 128 Å². The number of halogens is 5. The molecule has 0 spiro atoms. The molecule has 0 bridgehead atoms. The van der Waals surface area contributed by atoms with Crippen molar-refractivity contribution in [2.45, 2.75) is 165 Å². The number of piperazine rings is 3. The smallest absolute Gasteiger partial charge is 0.343 e. The van der Waals surface area contributed by atoms with Gasteiger partial charge in [-0.3, -0.25) is 19.2 Å². The number of nitrogens with one attached hydrogen (secondary N) is 4. The lowest BCUT2D eigenvalue weighted by atomic mass is 9.85. The summed E-state index contributed by atoms with van der Waals surface area (Å²) in [5.41, 5.74) is 8.26. The van der Waals surface area contributed by atoms with Crippen molar-refractivity contribution in [3.05, 3.63) is 165 Å². The molecule has 5 N–H and O–H groups in total. The van der Waals surface area contributed by atoms with Crippen LogP contribution in [-0.2, 0) is 90.2 Å². The van der Waals surface area contributed by atoms with Gasteiger partial charge in [0.05, 0.1) is 105 Å². The van der Waals surface area contributed by atoms with Crippen molar-refractivity contribution < 1.29 is 84.4 Å². The van der Waals surface area contributed by atoms with Crippen LogP contribution in [0.4, 0.5) is 41.1 Å². The second-order valence-electron chi connectivity index (χ2n) is 38.9. The monoisotopic (exact) mass is 1820 g/mol. The lowest BCUT2D eigenvalue weighted by molar-refractivity contribution is -0.146. The number of β-amino-alcohol motifs (C(OH)–C–C–N with tert-alkyl or cyclic N) is 1. The number of benzene rings is 4. The molecule has 4 atom stereocenters. The van der Waals surface area contributed by atoms with Gasteiger partial charge < -0.3 is 79.6 Å². The highest BCUT2D eigenvalue weighted by Gasteiger charge is 2.45. The van der Waals surface area contributed by atoms with Crippen molar-refractivity contribution in [3.63, 3.8) is 0 Å². The topological polar surface area (TPSA) is 336 Å². The van der Waals surface area contributed by atoms with Crippen LogP contribution >= 0.6 is 0 Å². The summed E-state index contributed by atoms with van der Waals surface area (Å²) in [4.78, 5) is 120. The van der Waals surface area contributed by atoms with Crippen LogP contribution in [0.5, 0.6) is 0 Å². The van der Waals surface area contributed by atoms with Crippen molar-refractivity contribution in [2.24, 2.45) is 21.7 Å². The van der Waals surface area contributed by atoms with Gasteiger partial charge >= 0.3 is 24.1 Å². The number of carbonyl (C=O) groups is 8. The average Bonchev–Trinajstić information content (AvgIpc) is 1.64. The number of likely N-dealkylation sites (N-methyl/N-ethyl adjacent to an activating group) is 3. The zero-order valence-electron chi connectivity index (χ0n) is 77.4. The van der Waals surface area contributed by atoms with E-state index in [1.165, 1.54) is 47.9 Å². The molecule has 131 heavy (non-hydrogen) atoms. The highest BCUT2D eigenvalue weighted by atomic mass is 19.2. The van der Waals surface area contributed by atoms with Crippen molar-refractivity contribution in [1.29, 1.82) is 0 Å². The Balaban J connectivity index is 0.000000149. The minimum atomic E-state index is -1.01. The molecule has 37 heteroatoms. The number of aromatic nitrogens is 8. The predicted octanol–water partition coefficient (Wildman–Crippen LogP) is 9.60. The van der Waals surface area contributed by atoms with Gasteiger partial charge in [-0.05, 0) is 103 Å². The molecule has 16 rings (SSSR count). The van der Waals surface area contributed by atoms with Crippen molar-refractivity contribution in [1.82, 2.24) is 94.7 Å². The molecule has 706 valence electrons. The zero-order valence-corrected chi connectivity index (χ0v) is 77.4. The van der Waals surface area contributed by atoms with Crippen molar-refractivity contribution in [2.75, 3.05) is 139 Å². The molecule has 0 aliphatic carbocycles. The van der Waals surface area contributed by atoms with Crippen LogP contribution in [0.15, 0.2) is 91.0 Å². The van der Waals surface area contributed by atoms with Crippen LogP contribution < -0.4 is 21.3 Å². The maximum Gasteiger partial charge on any atom is 0.343 e. The SMILES string of the molecule is CC(C)(C)[C@H](NC(=O)n1nc(-c2ccc(F)c(F)c2)c2c1CCOC2)C(=O)N1CC(O)C1.CN1CCN(C(=O)[C@@H](NC(=O)n2nc(-c3ccc(F)c(F)c3)c3c2CCOC3)C(C)(C)C)CC1.CN1CCN(C(=O)[C@@H](NC(=O)n2nc(-c3ccc(F)cc3)c3c2CCOC3)C(C)(C)C)CC1.CN1CCN(C(=O)[C@@H](NC(=O)n2nc(-c3ccccc3)c3c2CCOC3)C(C)(C)C)CC1. The van der Waals surface area contributed by atoms with E-state index < -0.39 is 93.3 Å². The maximum absolute atomic E-state index is 13.9. The molecule has 8 aliphatic rings. The highest BCUT2D eigenvalue weighted by Crippen LogP contribution is 2.37. The molecule has 0 radical (unpaired) electrons. The fourth-order valence-corrected chi connectivity index (χ4v) is 16.8. The van der Waals surface area contributed by atoms with E-state index in [-0.39, 0.29) is 61.8 Å². The molecule has 8 aromatic rings. The molecular weight excluding hydrogens is 1700 g/mol. The Kier molecular flexibility index (Phi) is 30.4. The van der Waals surface area contributed by atoms with Gasteiger partial charge in [-0.15, -0.1) is 0 Å². The van der Waals surface area contributed by atoms with Crippen LogP contribution in [0, 0.1) is 50.7 Å². The zero-order chi connectivity index (χ0) is 94.5. The lowest BCUT2D eigenvalue weighted by Crippen LogP contribution is -2.62. The molecule has 12 heterocycles. The maximum atomic E-state index is 13.9. The molecule has 4 aromatic heterocycles. The number of aliphatic hydroxyl groups is 1. The summed E-state index contributed by atoms with van der Waals surface area (Å²) < 4.78 is 95.5. The van der Waals surface area contributed by atoms with Gasteiger partial charge in [-0.25, -0.2) is 41.1 Å². The number of fused-ring (bicyclic) bond motifs is 4. The van der Waals surface area contributed by atoms with Gasteiger partial charge in [0.1, 0.15) is 30.0 Å². The minimum Gasteiger partial charge on any atom is -0.389 e. The van der Waals surface area contributed by atoms with E-state index >= 15 is 0 Å². The van der Waals surface area contributed by atoms with E-state index in [0.29, 0.717) is 161 Å². The van der Waals surface area contributed by atoms with Gasteiger partial charge in [0.15, 0.2) is 23.3 Å². The molecule has 32 nitrogen and oxygen atoms in total. The molecule has 0 saturated carbocycles. The fraction of sp³-hybridized carbons (Fsp3) is 0.532. The van der Waals surface area contributed by atoms with Crippen LogP contribution in [0.3, 0.4) is 0 Å². The summed E-state index contributed by atoms with van der Waals surface area (Å²) in [7, 11) is 6.10. The number of nitrogens with zero attached hydrogens (tertiary/aromatic N) is 15. The quantitative estimate of drug-likeness (QED) is 0.0710. The van der Waals surface area contributed by atoms with E-state index in [4.69, 9.17) is 18.9 Å². The van der Waals surface area contributed by atoms with Gasteiger partial charge in [0.25, 0.3) is 0 Å². The van der Waals surface area contributed by atoms with E-state index in [2.05, 4.69) is 63.4 Å². The number of ether oxygens (including phenoxy) is 4. The first-order chi connectivity index (χ1) is 62.0. The highest BCUT2D eigenvalue weighted by molar-refractivity contribution is 5.92. The summed E-state index contributed by atoms with van der Waals surface area (Å²) >= 11 is 0. The van der Waals surface area contributed by atoms with Crippen LogP contribution in [0.25, 0.3) is 45.0 Å². The van der Waals surface area contributed by atoms with Gasteiger partial charge in [0.2, 0.25) is 23.6 Å². The fourth-order valence-electron chi connectivity index (χ4n) is 16.8. The van der Waals surface area contributed by atoms with Gasteiger partial charge in [0, 0.05) is 162 Å². The normalized spacial score (nSPS) is 17.9. The van der Waals surface area contributed by atoms with E-state index in [0.717, 1.165) is 97.3 Å². The third-order valence-corrected chi connectivity index (χ3v) is 24.7. The third-order valence-electron chi connectivity index (χ3n) is 24.7. The standard InChI is InChI=1S/C24H31F2N5O3.C24H32FN5O3.C24H33N5O3.C22H26F2N4O4/c1-24(2,3)21(22(32)30-10-8-29(4)9-11-30)27-23(33)31-19-7-12-34-14-16(19)20(28-31)15-5-6-17(25)18(26)13-15;1-24(2,3)21(22(31)29-12-10-28(4)11-13-29)26-23(32)30-19-9-14-33-15-18(19)20(27-30)16-5-7-17(25)8-6-16;1-24(2,3)21(22(30)28-13-11-27(4)12-14-28)25-23(31)29-19-10-15-32-16-18(19)20(26-29)17-8-6-5-7-9-17;1-22(2,3)19(20(30)27-9-13(29)10-27)25-21(31)28-17-6-7-32-11-14(17)18(26-28)12-4-5-15(23)16(24)8-12/h5-6,13,21H,7-12,14H2,1-4H3,(H,27,33);5-8,21H,9-15H2,1-4H3,(H,26,32);5-9,21H,10-16H2,1-4H3,(H,25,31);4-5,8,13,19,29H,6-7,9-11H2,1-3H3,(H,25,31)/t3*21-;19-/m1111/s1. The first-order valence-corrected chi connectivity index (χ1v) is 44.6. The predicted molar refractivity (Wildman–Crippen MR) is 477 cm³/mol. The summed E-state index contributed by atoms with van der Waals surface area (Å²) in [6, 6.07) is 17.9. The molecular formula is C94H122F5N19O13. The van der Waals surface area contributed by atoms with Gasteiger partial charge in [-0.1, -0.05) is 113 Å². The molecule has 4 saturated heterocycles. The molecule has 8 aliphatic heterocycles. The summed E-state index contributed by atoms with van der Waals surface area (Å²) in [6.45, 7) is 35.1. The van der Waals surface area contributed by atoms with Crippen molar-refractivity contribution >= 4 is 47.8 Å². The number of hydrogen-bond donors (Lipinski definition) is 5. The lowest BCUT2D eigenvalue weighted by Gasteiger charge is -2.41. The van der Waals surface area contributed by atoms with Crippen LogP contribution in [-0.4, -0.2) is 296 Å². The van der Waals surface area contributed by atoms with Crippen molar-refractivity contribution in [3.8, 4) is 45.0 Å². The number of carbonyl (C=O) groups excluding carboxylic acids is 8. The summed E-state index contributed by atoms with van der Waals surface area (Å²) in [5.74, 6) is -4.79. The molecule has 4 aromatic carbocycles. The Bertz CT molecular complexity index is 5470. The Labute approximate surface area is 759 Å². The van der Waals surface area contributed by atoms with E-state index in [9.17, 15) is 65.4 Å². The largest absolute Gasteiger partial charge is 0.389 e. The second kappa shape index (κ2) is 40.9.